The predicted octanol–water partition coefficient (Wildman–Crippen LogP) is 3.39. The van der Waals surface area contributed by atoms with Crippen LogP contribution in [-0.2, 0) is 24.2 Å². The maximum absolute atomic E-state index is 12.9. The lowest BCUT2D eigenvalue weighted by molar-refractivity contribution is -0.134. The molecule has 0 aliphatic heterocycles. The van der Waals surface area contributed by atoms with Gasteiger partial charge in [-0.05, 0) is 40.4 Å². The third-order valence-corrected chi connectivity index (χ3v) is 4.81. The van der Waals surface area contributed by atoms with Crippen molar-refractivity contribution >= 4 is 11.1 Å². The molecule has 1 atom stereocenters. The molecule has 1 aliphatic rings. The second-order valence-corrected chi connectivity index (χ2v) is 7.01. The molecule has 4 nitrogen and oxygen atoms in total. The highest BCUT2D eigenvalue weighted by atomic mass is 32.2. The molecule has 2 aromatic rings. The first-order chi connectivity index (χ1) is 11.9. The van der Waals surface area contributed by atoms with E-state index in [0.29, 0.717) is 24.4 Å². The maximum atomic E-state index is 12.9. The van der Waals surface area contributed by atoms with Crippen LogP contribution in [0.15, 0.2) is 53.4 Å². The zero-order valence-corrected chi connectivity index (χ0v) is 14.2. The molecule has 2 aromatic carbocycles. The molecule has 3 rings (SSSR count). The molecule has 0 bridgehead atoms. The molecule has 134 valence electrons. The summed E-state index contributed by atoms with van der Waals surface area (Å²) in [6.07, 6.45) is -1.13. The molecule has 0 amide bonds. The topological polar surface area (TPSA) is 61.4 Å². The Hall–Kier alpha value is -1.83. The van der Waals surface area contributed by atoms with Gasteiger partial charge in [0.1, 0.15) is 11.9 Å². The number of rotatable bonds is 7. The highest BCUT2D eigenvalue weighted by molar-refractivity contribution is 7.79. The summed E-state index contributed by atoms with van der Waals surface area (Å²) in [5, 5.41) is 3.19. The molecule has 25 heavy (non-hydrogen) atoms. The second kappa shape index (κ2) is 7.59. The van der Waals surface area contributed by atoms with Gasteiger partial charge in [-0.15, -0.1) is 0 Å². The van der Waals surface area contributed by atoms with E-state index in [1.54, 1.807) is 6.07 Å². The van der Waals surface area contributed by atoms with Crippen LogP contribution in [0, 0.1) is 0 Å². The summed E-state index contributed by atoms with van der Waals surface area (Å²) in [6, 6.07) is 14.3. The van der Waals surface area contributed by atoms with Crippen LogP contribution in [0.3, 0.4) is 0 Å². The van der Waals surface area contributed by atoms with Crippen molar-refractivity contribution < 1.29 is 22.3 Å². The minimum Gasteiger partial charge on any atom is -0.768 e. The molecular formula is C18H18F2NO3S-. The van der Waals surface area contributed by atoms with Gasteiger partial charge in [0.25, 0.3) is 5.92 Å². The summed E-state index contributed by atoms with van der Waals surface area (Å²) in [5.41, 5.74) is 1.63. The number of halogens is 2. The second-order valence-electron chi connectivity index (χ2n) is 6.10. The summed E-state index contributed by atoms with van der Waals surface area (Å²) in [5.74, 6) is -2.24. The predicted molar refractivity (Wildman–Crippen MR) is 89.2 cm³/mol. The zero-order chi connectivity index (χ0) is 17.9. The highest BCUT2D eigenvalue weighted by Crippen LogP contribution is 2.40. The van der Waals surface area contributed by atoms with Crippen molar-refractivity contribution in [1.29, 1.82) is 0 Å². The van der Waals surface area contributed by atoms with Crippen molar-refractivity contribution in [2.24, 2.45) is 0 Å². The monoisotopic (exact) mass is 366 g/mol. The molecule has 0 spiro atoms. The highest BCUT2D eigenvalue weighted by Gasteiger charge is 2.46. The van der Waals surface area contributed by atoms with Crippen molar-refractivity contribution in [1.82, 2.24) is 5.32 Å². The van der Waals surface area contributed by atoms with Gasteiger partial charge in [-0.25, -0.2) is 8.78 Å². The van der Waals surface area contributed by atoms with E-state index >= 15 is 0 Å². The fourth-order valence-corrected chi connectivity index (χ4v) is 3.27. The molecule has 0 radical (unpaired) electrons. The van der Waals surface area contributed by atoms with E-state index in [-0.39, 0.29) is 17.7 Å². The number of benzene rings is 2. The maximum Gasteiger partial charge on any atom is 0.255 e. The summed E-state index contributed by atoms with van der Waals surface area (Å²) in [6.45, 7) is 0.919. The lowest BCUT2D eigenvalue weighted by Crippen LogP contribution is -2.43. The largest absolute Gasteiger partial charge is 0.768 e. The van der Waals surface area contributed by atoms with E-state index in [1.807, 2.05) is 30.3 Å². The van der Waals surface area contributed by atoms with Crippen LogP contribution >= 0.6 is 0 Å². The Morgan fingerprint density at radius 2 is 1.88 bits per heavy atom. The molecule has 1 fully saturated rings. The Bertz CT molecular complexity index is 747. The molecule has 0 heterocycles. The molecule has 1 aliphatic carbocycles. The smallest absolute Gasteiger partial charge is 0.255 e. The third kappa shape index (κ3) is 4.84. The van der Waals surface area contributed by atoms with Gasteiger partial charge >= 0.3 is 0 Å². The van der Waals surface area contributed by atoms with E-state index in [0.717, 1.165) is 5.56 Å². The standard InChI is InChI=1S/C18H19F2NO3S/c19-18(20)9-16(10-18)24-15-6-7-17(25(22)23)14(8-15)12-21-11-13-4-2-1-3-5-13/h1-8,16,21H,9-12H2,(H,22,23)/p-1. The molecule has 0 aromatic heterocycles. The van der Waals surface area contributed by atoms with Crippen LogP contribution in [0.5, 0.6) is 5.75 Å². The minimum absolute atomic E-state index is 0.173. The quantitative estimate of drug-likeness (QED) is 0.763. The van der Waals surface area contributed by atoms with Gasteiger partial charge in [-0.3, -0.25) is 4.21 Å². The Kier molecular flexibility index (Phi) is 5.46. The van der Waals surface area contributed by atoms with E-state index in [4.69, 9.17) is 4.74 Å². The normalized spacial score (nSPS) is 17.7. The fourth-order valence-electron chi connectivity index (χ4n) is 2.75. The van der Waals surface area contributed by atoms with Crippen LogP contribution in [0.1, 0.15) is 24.0 Å². The van der Waals surface area contributed by atoms with E-state index < -0.39 is 23.1 Å². The van der Waals surface area contributed by atoms with Gasteiger partial charge in [0, 0.05) is 30.8 Å². The van der Waals surface area contributed by atoms with Crippen molar-refractivity contribution in [3.8, 4) is 5.75 Å². The molecule has 1 unspecified atom stereocenters. The number of nitrogens with one attached hydrogen (secondary N) is 1. The average Bonchev–Trinajstić information content (AvgIpc) is 2.54. The lowest BCUT2D eigenvalue weighted by atomic mass is 9.91. The number of hydrogen-bond donors (Lipinski definition) is 1. The molecule has 1 saturated carbocycles. The third-order valence-electron chi connectivity index (χ3n) is 4.05. The van der Waals surface area contributed by atoms with Gasteiger partial charge in [0.05, 0.1) is 0 Å². The zero-order valence-electron chi connectivity index (χ0n) is 13.4. The SMILES string of the molecule is O=S([O-])c1ccc(OC2CC(F)(F)C2)cc1CNCc1ccccc1. The van der Waals surface area contributed by atoms with Gasteiger partial charge < -0.3 is 14.6 Å². The first-order valence-corrected chi connectivity index (χ1v) is 9.02. The van der Waals surface area contributed by atoms with Crippen LogP contribution in [0.25, 0.3) is 0 Å². The van der Waals surface area contributed by atoms with Gasteiger partial charge in [0.2, 0.25) is 0 Å². The summed E-state index contributed by atoms with van der Waals surface area (Å²) in [4.78, 5) is 0.173. The van der Waals surface area contributed by atoms with E-state index in [1.165, 1.54) is 12.1 Å². The molecular weight excluding hydrogens is 348 g/mol. The fraction of sp³-hybridized carbons (Fsp3) is 0.333. The van der Waals surface area contributed by atoms with Crippen molar-refractivity contribution in [3.63, 3.8) is 0 Å². The first-order valence-electron chi connectivity index (χ1n) is 7.94. The van der Waals surface area contributed by atoms with Crippen LogP contribution < -0.4 is 10.1 Å². The number of alkyl halides is 2. The van der Waals surface area contributed by atoms with Crippen LogP contribution in [-0.4, -0.2) is 20.8 Å². The molecule has 7 heteroatoms. The minimum atomic E-state index is -2.65. The van der Waals surface area contributed by atoms with E-state index in [9.17, 15) is 17.5 Å². The van der Waals surface area contributed by atoms with Gasteiger partial charge in [-0.1, -0.05) is 30.3 Å². The van der Waals surface area contributed by atoms with Gasteiger partial charge in [-0.2, -0.15) is 0 Å². The Balaban J connectivity index is 1.65. The van der Waals surface area contributed by atoms with Crippen LogP contribution in [0.2, 0.25) is 0 Å². The molecule has 1 N–H and O–H groups in total. The Morgan fingerprint density at radius 3 is 2.52 bits per heavy atom. The Morgan fingerprint density at radius 1 is 1.16 bits per heavy atom. The number of hydrogen-bond acceptors (Lipinski definition) is 4. The van der Waals surface area contributed by atoms with Crippen LogP contribution in [0.4, 0.5) is 8.78 Å². The average molecular weight is 366 g/mol. The first kappa shape index (κ1) is 18.0. The number of ether oxygens (including phenoxy) is 1. The van der Waals surface area contributed by atoms with Crippen molar-refractivity contribution in [3.05, 3.63) is 59.7 Å². The molecule has 0 saturated heterocycles. The summed E-state index contributed by atoms with van der Waals surface area (Å²) < 4.78 is 54.1. The van der Waals surface area contributed by atoms with Crippen molar-refractivity contribution in [2.75, 3.05) is 0 Å². The summed E-state index contributed by atoms with van der Waals surface area (Å²) >= 11 is -2.38. The van der Waals surface area contributed by atoms with Gasteiger partial charge in [0.15, 0.2) is 0 Å². The van der Waals surface area contributed by atoms with Crippen molar-refractivity contribution in [2.45, 2.75) is 42.9 Å². The lowest BCUT2D eigenvalue weighted by Gasteiger charge is -2.35. The van der Waals surface area contributed by atoms with E-state index in [2.05, 4.69) is 5.32 Å². The Labute approximate surface area is 147 Å². The summed E-state index contributed by atoms with van der Waals surface area (Å²) in [7, 11) is 0.